The van der Waals surface area contributed by atoms with Crippen LogP contribution < -0.4 is 0 Å². The van der Waals surface area contributed by atoms with Gasteiger partial charge >= 0.3 is 0 Å². The molecule has 0 spiro atoms. The molecule has 1 aliphatic rings. The summed E-state index contributed by atoms with van der Waals surface area (Å²) in [7, 11) is 1.83. The second kappa shape index (κ2) is 5.02. The highest BCUT2D eigenvalue weighted by Crippen LogP contribution is 2.42. The second-order valence-corrected chi connectivity index (χ2v) is 6.51. The fraction of sp³-hybridized carbons (Fsp3) is 0.412. The van der Waals surface area contributed by atoms with E-state index in [1.54, 1.807) is 10.7 Å². The Morgan fingerprint density at radius 2 is 1.95 bits per heavy atom. The molecule has 0 radical (unpaired) electrons. The van der Waals surface area contributed by atoms with Gasteiger partial charge in [0.1, 0.15) is 5.69 Å². The van der Waals surface area contributed by atoms with Crippen LogP contribution in [0.4, 0.5) is 0 Å². The van der Waals surface area contributed by atoms with Crippen LogP contribution in [0.25, 0.3) is 0 Å². The summed E-state index contributed by atoms with van der Waals surface area (Å²) < 4.78 is 1.67. The maximum Gasteiger partial charge on any atom is 0.274 e. The third kappa shape index (κ3) is 2.58. The van der Waals surface area contributed by atoms with Crippen LogP contribution in [0.5, 0.6) is 0 Å². The summed E-state index contributed by atoms with van der Waals surface area (Å²) in [6.07, 6.45) is 1.81. The van der Waals surface area contributed by atoms with Crippen LogP contribution in [0.3, 0.4) is 0 Å². The van der Waals surface area contributed by atoms with Gasteiger partial charge in [-0.3, -0.25) is 9.48 Å². The van der Waals surface area contributed by atoms with E-state index in [1.165, 1.54) is 5.56 Å². The van der Waals surface area contributed by atoms with Crippen molar-refractivity contribution in [2.75, 3.05) is 13.1 Å². The van der Waals surface area contributed by atoms with E-state index in [0.29, 0.717) is 11.6 Å². The Morgan fingerprint density at radius 1 is 1.24 bits per heavy atom. The zero-order valence-electron chi connectivity index (χ0n) is 12.8. The highest BCUT2D eigenvalue weighted by atomic mass is 16.2. The largest absolute Gasteiger partial charge is 0.336 e. The summed E-state index contributed by atoms with van der Waals surface area (Å²) in [5.41, 5.74) is 1.91. The van der Waals surface area contributed by atoms with Gasteiger partial charge < -0.3 is 4.90 Å². The van der Waals surface area contributed by atoms with Crippen molar-refractivity contribution in [3.05, 3.63) is 53.9 Å². The lowest BCUT2D eigenvalue weighted by atomic mass is 9.78. The molecule has 1 aromatic heterocycles. The van der Waals surface area contributed by atoms with Crippen molar-refractivity contribution in [2.45, 2.75) is 19.8 Å². The van der Waals surface area contributed by atoms with E-state index >= 15 is 0 Å². The Morgan fingerprint density at radius 3 is 2.57 bits per heavy atom. The van der Waals surface area contributed by atoms with Gasteiger partial charge in [-0.05, 0) is 17.0 Å². The monoisotopic (exact) mass is 283 g/mol. The summed E-state index contributed by atoms with van der Waals surface area (Å²) in [5.74, 6) is 0.397. The van der Waals surface area contributed by atoms with E-state index in [1.807, 2.05) is 24.2 Å². The molecular weight excluding hydrogens is 262 g/mol. The van der Waals surface area contributed by atoms with E-state index in [2.05, 4.69) is 43.2 Å². The first-order valence-electron chi connectivity index (χ1n) is 7.31. The minimum Gasteiger partial charge on any atom is -0.336 e. The molecule has 2 heterocycles. The van der Waals surface area contributed by atoms with Crippen LogP contribution in [-0.2, 0) is 7.05 Å². The molecular formula is C17H21N3O. The van der Waals surface area contributed by atoms with Gasteiger partial charge in [-0.2, -0.15) is 5.10 Å². The Balaban J connectivity index is 1.83. The maximum absolute atomic E-state index is 12.6. The zero-order valence-corrected chi connectivity index (χ0v) is 12.8. The van der Waals surface area contributed by atoms with Crippen LogP contribution >= 0.6 is 0 Å². The predicted molar refractivity (Wildman–Crippen MR) is 82.1 cm³/mol. The van der Waals surface area contributed by atoms with Crippen molar-refractivity contribution in [1.82, 2.24) is 14.7 Å². The number of rotatable bonds is 2. The Bertz CT molecular complexity index is 645. The fourth-order valence-corrected chi connectivity index (χ4v) is 3.22. The normalized spacial score (nSPS) is 20.7. The number of hydrogen-bond donors (Lipinski definition) is 0. The third-order valence-electron chi connectivity index (χ3n) is 4.37. The minimum atomic E-state index is 0.0297. The number of amides is 1. The van der Waals surface area contributed by atoms with Crippen molar-refractivity contribution in [3.63, 3.8) is 0 Å². The summed E-state index contributed by atoms with van der Waals surface area (Å²) in [6.45, 7) is 5.99. The number of hydrogen-bond acceptors (Lipinski definition) is 2. The second-order valence-electron chi connectivity index (χ2n) is 6.51. The molecule has 4 heteroatoms. The highest BCUT2D eigenvalue weighted by Gasteiger charge is 2.42. The third-order valence-corrected chi connectivity index (χ3v) is 4.37. The van der Waals surface area contributed by atoms with Crippen LogP contribution in [0.2, 0.25) is 0 Å². The van der Waals surface area contributed by atoms with Crippen LogP contribution in [0.1, 0.15) is 35.8 Å². The van der Waals surface area contributed by atoms with E-state index in [9.17, 15) is 4.79 Å². The molecule has 3 rings (SSSR count). The SMILES string of the molecule is Cn1ccc(C(=O)N2C[C@@H](c3ccccc3)C(C)(C)C2)n1. The van der Waals surface area contributed by atoms with Gasteiger partial charge in [0.15, 0.2) is 0 Å². The first-order chi connectivity index (χ1) is 9.97. The molecule has 0 aliphatic carbocycles. The summed E-state index contributed by atoms with van der Waals surface area (Å²) in [4.78, 5) is 14.5. The summed E-state index contributed by atoms with van der Waals surface area (Å²) >= 11 is 0. The topological polar surface area (TPSA) is 38.1 Å². The van der Waals surface area contributed by atoms with E-state index in [0.717, 1.165) is 13.1 Å². The van der Waals surface area contributed by atoms with Crippen LogP contribution in [-0.4, -0.2) is 33.7 Å². The van der Waals surface area contributed by atoms with Gasteiger partial charge in [-0.25, -0.2) is 0 Å². The molecule has 0 unspecified atom stereocenters. The van der Waals surface area contributed by atoms with Gasteiger partial charge in [0.05, 0.1) is 0 Å². The van der Waals surface area contributed by atoms with E-state index < -0.39 is 0 Å². The summed E-state index contributed by atoms with van der Waals surface area (Å²) in [5, 5.41) is 4.23. The van der Waals surface area contributed by atoms with Gasteiger partial charge in [0.2, 0.25) is 0 Å². The number of nitrogens with zero attached hydrogens (tertiary/aromatic N) is 3. The smallest absolute Gasteiger partial charge is 0.274 e. The van der Waals surface area contributed by atoms with E-state index in [-0.39, 0.29) is 11.3 Å². The molecule has 110 valence electrons. The number of carbonyl (C=O) groups excluding carboxylic acids is 1. The molecule has 1 amide bonds. The highest BCUT2D eigenvalue weighted by molar-refractivity contribution is 5.92. The van der Waals surface area contributed by atoms with Crippen molar-refractivity contribution in [3.8, 4) is 0 Å². The molecule has 0 N–H and O–H groups in total. The molecule has 0 bridgehead atoms. The molecule has 1 saturated heterocycles. The fourth-order valence-electron chi connectivity index (χ4n) is 3.22. The first kappa shape index (κ1) is 13.9. The standard InChI is InChI=1S/C17H21N3O/c1-17(2)12-20(16(21)15-9-10-19(3)18-15)11-14(17)13-7-5-4-6-8-13/h4-10,14H,11-12H2,1-3H3/t14-/m0/s1. The molecule has 2 aromatic rings. The van der Waals surface area contributed by atoms with Gasteiger partial charge in [0.25, 0.3) is 5.91 Å². The van der Waals surface area contributed by atoms with Crippen LogP contribution in [0, 0.1) is 5.41 Å². The molecule has 0 saturated carbocycles. The van der Waals surface area contributed by atoms with Gasteiger partial charge in [-0.15, -0.1) is 0 Å². The predicted octanol–water partition coefficient (Wildman–Crippen LogP) is 2.69. The van der Waals surface area contributed by atoms with Crippen molar-refractivity contribution in [2.24, 2.45) is 12.5 Å². The quantitative estimate of drug-likeness (QED) is 0.850. The molecule has 1 fully saturated rings. The van der Waals surface area contributed by atoms with Gasteiger partial charge in [-0.1, -0.05) is 44.2 Å². The molecule has 1 aliphatic heterocycles. The van der Waals surface area contributed by atoms with Crippen molar-refractivity contribution >= 4 is 5.91 Å². The van der Waals surface area contributed by atoms with Crippen molar-refractivity contribution in [1.29, 1.82) is 0 Å². The Kier molecular flexibility index (Phi) is 3.32. The zero-order chi connectivity index (χ0) is 15.0. The Labute approximate surface area is 125 Å². The number of likely N-dealkylation sites (tertiary alicyclic amines) is 1. The number of benzene rings is 1. The van der Waals surface area contributed by atoms with Gasteiger partial charge in [0, 0.05) is 32.3 Å². The average Bonchev–Trinajstić information content (AvgIpc) is 3.02. The number of aryl methyl sites for hydroxylation is 1. The minimum absolute atomic E-state index is 0.0297. The lowest BCUT2D eigenvalue weighted by Gasteiger charge is -2.25. The van der Waals surface area contributed by atoms with E-state index in [4.69, 9.17) is 0 Å². The first-order valence-corrected chi connectivity index (χ1v) is 7.31. The maximum atomic E-state index is 12.6. The molecule has 1 atom stereocenters. The summed E-state index contributed by atoms with van der Waals surface area (Å²) in [6, 6.07) is 12.2. The number of carbonyl (C=O) groups is 1. The Hall–Kier alpha value is -2.10. The lowest BCUT2D eigenvalue weighted by molar-refractivity contribution is 0.0771. The molecule has 1 aromatic carbocycles. The van der Waals surface area contributed by atoms with Crippen LogP contribution in [0.15, 0.2) is 42.6 Å². The average molecular weight is 283 g/mol. The lowest BCUT2D eigenvalue weighted by Crippen LogP contribution is -2.30. The number of aromatic nitrogens is 2. The van der Waals surface area contributed by atoms with Crippen molar-refractivity contribution < 1.29 is 4.79 Å². The molecule has 4 nitrogen and oxygen atoms in total. The molecule has 21 heavy (non-hydrogen) atoms.